The van der Waals surface area contributed by atoms with Crippen molar-refractivity contribution in [3.05, 3.63) is 88.5 Å². The SMILES string of the molecule is Cc1csc(Nc2ncc(SCc3ccccc3Cl)cc2Oc2ccccc2)n1.Cl. The summed E-state index contributed by atoms with van der Waals surface area (Å²) in [6, 6.07) is 19.5. The predicted octanol–water partition coefficient (Wildman–Crippen LogP) is 7.75. The van der Waals surface area contributed by atoms with Crippen molar-refractivity contribution in [1.29, 1.82) is 0 Å². The summed E-state index contributed by atoms with van der Waals surface area (Å²) in [6.07, 6.45) is 1.84. The van der Waals surface area contributed by atoms with Gasteiger partial charge in [-0.3, -0.25) is 0 Å². The Balaban J connectivity index is 0.00000256. The number of aromatic nitrogens is 2. The molecule has 0 atom stereocenters. The minimum Gasteiger partial charge on any atom is -0.453 e. The van der Waals surface area contributed by atoms with Crippen molar-refractivity contribution in [3.63, 3.8) is 0 Å². The van der Waals surface area contributed by atoms with E-state index in [1.165, 1.54) is 11.3 Å². The summed E-state index contributed by atoms with van der Waals surface area (Å²) >= 11 is 9.48. The number of para-hydroxylation sites is 1. The molecule has 4 nitrogen and oxygen atoms in total. The first-order chi connectivity index (χ1) is 14.2. The van der Waals surface area contributed by atoms with Gasteiger partial charge in [0.05, 0.1) is 5.69 Å². The number of aryl methyl sites for hydroxylation is 1. The molecular weight excluding hydrogens is 457 g/mol. The van der Waals surface area contributed by atoms with E-state index < -0.39 is 0 Å². The molecule has 8 heteroatoms. The first-order valence-electron chi connectivity index (χ1n) is 8.96. The summed E-state index contributed by atoms with van der Waals surface area (Å²) in [5.41, 5.74) is 2.06. The van der Waals surface area contributed by atoms with Gasteiger partial charge >= 0.3 is 0 Å². The van der Waals surface area contributed by atoms with Crippen molar-refractivity contribution in [2.75, 3.05) is 5.32 Å². The molecule has 0 radical (unpaired) electrons. The van der Waals surface area contributed by atoms with E-state index in [9.17, 15) is 0 Å². The van der Waals surface area contributed by atoms with Crippen LogP contribution in [-0.4, -0.2) is 9.97 Å². The minimum atomic E-state index is 0. The zero-order valence-corrected chi connectivity index (χ0v) is 19.2. The second kappa shape index (κ2) is 10.7. The van der Waals surface area contributed by atoms with Gasteiger partial charge in [0.2, 0.25) is 0 Å². The maximum absolute atomic E-state index is 6.28. The number of hydrogen-bond acceptors (Lipinski definition) is 6. The highest BCUT2D eigenvalue weighted by atomic mass is 35.5. The van der Waals surface area contributed by atoms with Crippen LogP contribution in [0.5, 0.6) is 11.5 Å². The Bertz CT molecular complexity index is 1110. The molecule has 0 spiro atoms. The number of ether oxygens (including phenoxy) is 1. The van der Waals surface area contributed by atoms with Crippen LogP contribution in [0.2, 0.25) is 5.02 Å². The van der Waals surface area contributed by atoms with E-state index >= 15 is 0 Å². The van der Waals surface area contributed by atoms with Gasteiger partial charge in [-0.15, -0.1) is 35.5 Å². The van der Waals surface area contributed by atoms with E-state index in [-0.39, 0.29) is 12.4 Å². The monoisotopic (exact) mass is 475 g/mol. The fraction of sp³-hybridized carbons (Fsp3) is 0.0909. The maximum atomic E-state index is 6.28. The zero-order chi connectivity index (χ0) is 20.1. The molecule has 0 saturated heterocycles. The van der Waals surface area contributed by atoms with Crippen LogP contribution in [-0.2, 0) is 5.75 Å². The van der Waals surface area contributed by atoms with Crippen molar-refractivity contribution >= 4 is 58.1 Å². The Labute approximate surface area is 195 Å². The number of anilines is 2. The van der Waals surface area contributed by atoms with Crippen LogP contribution in [0.3, 0.4) is 0 Å². The number of thioether (sulfide) groups is 1. The Hall–Kier alpha value is -2.25. The van der Waals surface area contributed by atoms with Gasteiger partial charge in [0, 0.05) is 27.2 Å². The van der Waals surface area contributed by atoms with Gasteiger partial charge in [-0.2, -0.15) is 0 Å². The number of nitrogens with one attached hydrogen (secondary N) is 1. The lowest BCUT2D eigenvalue weighted by molar-refractivity contribution is 0.481. The number of halogens is 2. The number of hydrogen-bond donors (Lipinski definition) is 1. The molecular formula is C22H19Cl2N3OS2. The normalized spacial score (nSPS) is 10.3. The highest BCUT2D eigenvalue weighted by Gasteiger charge is 2.12. The lowest BCUT2D eigenvalue weighted by Gasteiger charge is -2.12. The van der Waals surface area contributed by atoms with Crippen LogP contribution in [0.4, 0.5) is 10.9 Å². The van der Waals surface area contributed by atoms with Crippen molar-refractivity contribution in [3.8, 4) is 11.5 Å². The van der Waals surface area contributed by atoms with E-state index in [4.69, 9.17) is 16.3 Å². The second-order valence-corrected chi connectivity index (χ2v) is 8.55. The molecule has 2 heterocycles. The minimum absolute atomic E-state index is 0. The number of rotatable bonds is 7. The average molecular weight is 476 g/mol. The number of benzene rings is 2. The van der Waals surface area contributed by atoms with Gasteiger partial charge in [-0.1, -0.05) is 48.0 Å². The Morgan fingerprint density at radius 1 is 1.10 bits per heavy atom. The van der Waals surface area contributed by atoms with Crippen molar-refractivity contribution in [2.24, 2.45) is 0 Å². The Morgan fingerprint density at radius 3 is 2.60 bits per heavy atom. The first-order valence-corrected chi connectivity index (χ1v) is 11.2. The quantitative estimate of drug-likeness (QED) is 0.276. The summed E-state index contributed by atoms with van der Waals surface area (Å²) in [6.45, 7) is 1.96. The molecule has 0 saturated carbocycles. The summed E-state index contributed by atoms with van der Waals surface area (Å²) in [5.74, 6) is 2.78. The summed E-state index contributed by atoms with van der Waals surface area (Å²) in [4.78, 5) is 10.0. The molecule has 1 N–H and O–H groups in total. The highest BCUT2D eigenvalue weighted by molar-refractivity contribution is 7.98. The van der Waals surface area contributed by atoms with E-state index in [1.54, 1.807) is 11.8 Å². The fourth-order valence-corrected chi connectivity index (χ4v) is 4.44. The molecule has 0 bridgehead atoms. The van der Waals surface area contributed by atoms with Crippen LogP contribution < -0.4 is 10.1 Å². The molecule has 4 aromatic rings. The van der Waals surface area contributed by atoms with Gasteiger partial charge in [0.15, 0.2) is 16.7 Å². The third-order valence-electron chi connectivity index (χ3n) is 4.00. The number of thiazole rings is 1. The standard InChI is InChI=1S/C22H18ClN3OS2.ClH/c1-15-13-29-22(25-15)26-21-20(27-17-8-3-2-4-9-17)11-18(12-24-21)28-14-16-7-5-6-10-19(16)23;/h2-13H,14H2,1H3,(H,24,25,26);1H. The summed E-state index contributed by atoms with van der Waals surface area (Å²) in [5, 5.41) is 6.81. The molecule has 154 valence electrons. The molecule has 30 heavy (non-hydrogen) atoms. The first kappa shape index (κ1) is 22.4. The van der Waals surface area contributed by atoms with Crippen molar-refractivity contribution < 1.29 is 4.74 Å². The average Bonchev–Trinajstić information content (AvgIpc) is 3.14. The van der Waals surface area contributed by atoms with Crippen LogP contribution in [0.15, 0.2) is 77.1 Å². The number of nitrogens with zero attached hydrogens (tertiary/aromatic N) is 2. The van der Waals surface area contributed by atoms with Crippen molar-refractivity contribution in [2.45, 2.75) is 17.6 Å². The molecule has 0 aliphatic rings. The van der Waals surface area contributed by atoms with Crippen molar-refractivity contribution in [1.82, 2.24) is 9.97 Å². The Morgan fingerprint density at radius 2 is 1.87 bits per heavy atom. The molecule has 0 unspecified atom stereocenters. The second-order valence-electron chi connectivity index (χ2n) is 6.23. The topological polar surface area (TPSA) is 47.0 Å². The summed E-state index contributed by atoms with van der Waals surface area (Å²) in [7, 11) is 0. The van der Waals surface area contributed by atoms with E-state index in [0.717, 1.165) is 37.8 Å². The molecule has 0 amide bonds. The lowest BCUT2D eigenvalue weighted by Crippen LogP contribution is -1.98. The largest absolute Gasteiger partial charge is 0.453 e. The zero-order valence-electron chi connectivity index (χ0n) is 16.0. The van der Waals surface area contributed by atoms with Crippen LogP contribution >= 0.6 is 47.1 Å². The van der Waals surface area contributed by atoms with Crippen LogP contribution in [0.1, 0.15) is 11.3 Å². The third-order valence-corrected chi connectivity index (χ3v) is 6.25. The van der Waals surface area contributed by atoms with E-state index in [0.29, 0.717) is 11.6 Å². The van der Waals surface area contributed by atoms with Gasteiger partial charge in [0.25, 0.3) is 0 Å². The molecule has 0 aliphatic carbocycles. The highest BCUT2D eigenvalue weighted by Crippen LogP contribution is 2.35. The Kier molecular flexibility index (Phi) is 7.99. The van der Waals surface area contributed by atoms with Gasteiger partial charge in [0.1, 0.15) is 5.75 Å². The maximum Gasteiger partial charge on any atom is 0.188 e. The molecule has 0 aliphatic heterocycles. The molecule has 0 fully saturated rings. The predicted molar refractivity (Wildman–Crippen MR) is 129 cm³/mol. The third kappa shape index (κ3) is 5.89. The smallest absolute Gasteiger partial charge is 0.188 e. The van der Waals surface area contributed by atoms with Crippen LogP contribution in [0, 0.1) is 6.92 Å². The number of pyridine rings is 1. The fourth-order valence-electron chi connectivity index (χ4n) is 2.58. The molecule has 2 aromatic heterocycles. The van der Waals surface area contributed by atoms with Gasteiger partial charge < -0.3 is 10.1 Å². The van der Waals surface area contributed by atoms with Gasteiger partial charge in [-0.25, -0.2) is 9.97 Å². The van der Waals surface area contributed by atoms with E-state index in [2.05, 4.69) is 15.3 Å². The molecule has 4 rings (SSSR count). The van der Waals surface area contributed by atoms with E-state index in [1.807, 2.05) is 79.2 Å². The molecule has 2 aromatic carbocycles. The van der Waals surface area contributed by atoms with Crippen LogP contribution in [0.25, 0.3) is 0 Å². The summed E-state index contributed by atoms with van der Waals surface area (Å²) < 4.78 is 6.12. The lowest BCUT2D eigenvalue weighted by atomic mass is 10.2. The van der Waals surface area contributed by atoms with Gasteiger partial charge in [-0.05, 0) is 36.8 Å².